The summed E-state index contributed by atoms with van der Waals surface area (Å²) in [6.45, 7) is 6.27. The summed E-state index contributed by atoms with van der Waals surface area (Å²) in [5, 5.41) is 1.24. The molecule has 0 saturated carbocycles. The molecule has 4 heteroatoms. The van der Waals surface area contributed by atoms with E-state index in [1.54, 1.807) is 7.11 Å². The van der Waals surface area contributed by atoms with Crippen LogP contribution in [0.5, 0.6) is 5.75 Å². The molecule has 3 aromatic rings. The second-order valence-electron chi connectivity index (χ2n) is 6.56. The Morgan fingerprint density at radius 3 is 2.32 bits per heavy atom. The summed E-state index contributed by atoms with van der Waals surface area (Å²) in [7, 11) is 1.71. The highest BCUT2D eigenvalue weighted by Crippen LogP contribution is 2.24. The van der Waals surface area contributed by atoms with E-state index < -0.39 is 0 Å². The van der Waals surface area contributed by atoms with E-state index in [2.05, 4.69) is 70.2 Å². The Labute approximate surface area is 148 Å². The fourth-order valence-electron chi connectivity index (χ4n) is 3.57. The molecule has 128 valence electrons. The monoisotopic (exact) mass is 334 g/mol. The lowest BCUT2D eigenvalue weighted by atomic mass is 10.1. The molecule has 2 heterocycles. The molecule has 0 spiro atoms. The summed E-state index contributed by atoms with van der Waals surface area (Å²) in [6.07, 6.45) is 0. The van der Waals surface area contributed by atoms with Crippen LogP contribution in [0.2, 0.25) is 0 Å². The highest BCUT2D eigenvalue weighted by molar-refractivity contribution is 5.81. The second kappa shape index (κ2) is 6.63. The number of nitrogens with one attached hydrogen (secondary N) is 1. The van der Waals surface area contributed by atoms with Gasteiger partial charge in [0, 0.05) is 23.2 Å². The van der Waals surface area contributed by atoms with Gasteiger partial charge in [0.1, 0.15) is 24.4 Å². The number of methoxy groups -OCH3 is 1. The largest absolute Gasteiger partial charge is 0.497 e. The Bertz CT molecular complexity index is 871. The predicted molar refractivity (Wildman–Crippen MR) is 103 cm³/mol. The van der Waals surface area contributed by atoms with Gasteiger partial charge in [-0.05, 0) is 36.8 Å². The molecule has 0 unspecified atom stereocenters. The van der Waals surface area contributed by atoms with Crippen molar-refractivity contribution in [3.05, 3.63) is 60.2 Å². The second-order valence-corrected chi connectivity index (χ2v) is 6.56. The van der Waals surface area contributed by atoms with Crippen LogP contribution < -0.4 is 19.5 Å². The maximum absolute atomic E-state index is 5.37. The number of anilines is 2. The van der Waals surface area contributed by atoms with Gasteiger partial charge in [0.15, 0.2) is 0 Å². The van der Waals surface area contributed by atoms with E-state index in [0.29, 0.717) is 0 Å². The first-order valence-corrected chi connectivity index (χ1v) is 8.80. The molecule has 2 aromatic carbocycles. The Kier molecular flexibility index (Phi) is 4.18. The van der Waals surface area contributed by atoms with Crippen molar-refractivity contribution in [2.45, 2.75) is 6.92 Å². The number of nitrogens with zero attached hydrogens (tertiary/aromatic N) is 2. The van der Waals surface area contributed by atoms with Crippen LogP contribution in [-0.2, 0) is 0 Å². The predicted octanol–water partition coefficient (Wildman–Crippen LogP) is 3.30. The minimum Gasteiger partial charge on any atom is -0.497 e. The summed E-state index contributed by atoms with van der Waals surface area (Å²) in [5.41, 5.74) is 3.72. The number of fused-ring (bicyclic) bond motifs is 1. The van der Waals surface area contributed by atoms with Gasteiger partial charge < -0.3 is 9.64 Å². The first-order chi connectivity index (χ1) is 12.2. The zero-order valence-electron chi connectivity index (χ0n) is 14.8. The Morgan fingerprint density at radius 2 is 1.60 bits per heavy atom. The van der Waals surface area contributed by atoms with Gasteiger partial charge in [-0.2, -0.15) is 0 Å². The fraction of sp³-hybridized carbons (Fsp3) is 0.286. The van der Waals surface area contributed by atoms with Crippen LogP contribution >= 0.6 is 0 Å². The third kappa shape index (κ3) is 3.12. The van der Waals surface area contributed by atoms with E-state index in [1.165, 1.54) is 22.5 Å². The number of hydrogen-bond donors (Lipinski definition) is 0. The number of benzene rings is 2. The molecule has 0 aliphatic carbocycles. The van der Waals surface area contributed by atoms with E-state index in [4.69, 9.17) is 4.74 Å². The molecule has 0 atom stereocenters. The maximum atomic E-state index is 5.37. The van der Waals surface area contributed by atoms with E-state index in [-0.39, 0.29) is 0 Å². The van der Waals surface area contributed by atoms with Crippen LogP contribution in [0.3, 0.4) is 0 Å². The van der Waals surface area contributed by atoms with Crippen LogP contribution in [-0.4, -0.2) is 33.3 Å². The number of pyridine rings is 1. The first-order valence-electron chi connectivity index (χ1n) is 8.80. The van der Waals surface area contributed by atoms with Crippen LogP contribution in [0.4, 0.5) is 11.5 Å². The lowest BCUT2D eigenvalue weighted by Gasteiger charge is -2.32. The Morgan fingerprint density at radius 1 is 0.880 bits per heavy atom. The maximum Gasteiger partial charge on any atom is 0.275 e. The quantitative estimate of drug-likeness (QED) is 0.736. The average Bonchev–Trinajstić information content (AvgIpc) is 2.68. The number of aromatic nitrogens is 1. The first kappa shape index (κ1) is 15.8. The minimum absolute atomic E-state index is 0.884. The lowest BCUT2D eigenvalue weighted by Crippen LogP contribution is -2.48. The summed E-state index contributed by atoms with van der Waals surface area (Å²) in [5.74, 6) is 2.07. The number of aromatic amines is 1. The van der Waals surface area contributed by atoms with Crippen molar-refractivity contribution in [1.29, 1.82) is 0 Å². The van der Waals surface area contributed by atoms with Crippen LogP contribution in [0, 0.1) is 6.92 Å². The molecule has 1 fully saturated rings. The molecule has 4 nitrogen and oxygen atoms in total. The zero-order valence-corrected chi connectivity index (χ0v) is 14.8. The average molecular weight is 334 g/mol. The number of hydrogen-bond acceptors (Lipinski definition) is 3. The Hall–Kier alpha value is -2.75. The van der Waals surface area contributed by atoms with Crippen molar-refractivity contribution in [3.63, 3.8) is 0 Å². The molecule has 1 aromatic heterocycles. The molecule has 25 heavy (non-hydrogen) atoms. The van der Waals surface area contributed by atoms with E-state index in [0.717, 1.165) is 37.4 Å². The zero-order chi connectivity index (χ0) is 17.2. The highest BCUT2D eigenvalue weighted by Gasteiger charge is 2.24. The van der Waals surface area contributed by atoms with E-state index in [1.807, 2.05) is 6.07 Å². The van der Waals surface area contributed by atoms with Crippen molar-refractivity contribution < 1.29 is 9.72 Å². The number of H-pyrrole nitrogens is 1. The van der Waals surface area contributed by atoms with Crippen LogP contribution in [0.1, 0.15) is 5.56 Å². The third-order valence-electron chi connectivity index (χ3n) is 5.01. The van der Waals surface area contributed by atoms with Crippen molar-refractivity contribution >= 4 is 22.4 Å². The SMILES string of the molecule is COc1ccc2c(C)cc(N3CCN(c4ccccc4)CC3)[nH+]c2c1. The van der Waals surface area contributed by atoms with Gasteiger partial charge in [-0.1, -0.05) is 18.2 Å². The molecule has 0 radical (unpaired) electrons. The van der Waals surface area contributed by atoms with Crippen molar-refractivity contribution in [1.82, 2.24) is 0 Å². The summed E-state index contributed by atoms with van der Waals surface area (Å²) < 4.78 is 5.37. The Balaban J connectivity index is 1.56. The van der Waals surface area contributed by atoms with E-state index in [9.17, 15) is 0 Å². The molecule has 1 saturated heterocycles. The van der Waals surface area contributed by atoms with Gasteiger partial charge in [0.05, 0.1) is 20.2 Å². The minimum atomic E-state index is 0.884. The molecule has 1 aliphatic rings. The molecule has 0 amide bonds. The van der Waals surface area contributed by atoms with Gasteiger partial charge in [-0.15, -0.1) is 0 Å². The fourth-order valence-corrected chi connectivity index (χ4v) is 3.57. The van der Waals surface area contributed by atoms with Crippen molar-refractivity contribution in [2.24, 2.45) is 0 Å². The molecule has 1 aliphatic heterocycles. The van der Waals surface area contributed by atoms with Gasteiger partial charge in [-0.25, -0.2) is 4.98 Å². The number of rotatable bonds is 3. The number of para-hydroxylation sites is 1. The highest BCUT2D eigenvalue weighted by atomic mass is 16.5. The van der Waals surface area contributed by atoms with Gasteiger partial charge in [0.2, 0.25) is 0 Å². The van der Waals surface area contributed by atoms with Crippen molar-refractivity contribution in [2.75, 3.05) is 43.1 Å². The van der Waals surface area contributed by atoms with Gasteiger partial charge in [-0.3, -0.25) is 4.90 Å². The van der Waals surface area contributed by atoms with Gasteiger partial charge in [0.25, 0.3) is 5.82 Å². The smallest absolute Gasteiger partial charge is 0.275 e. The van der Waals surface area contributed by atoms with E-state index >= 15 is 0 Å². The molecular formula is C21H24N3O+. The molecule has 1 N–H and O–H groups in total. The van der Waals surface area contributed by atoms with Gasteiger partial charge >= 0.3 is 0 Å². The number of ether oxygens (including phenoxy) is 1. The number of aryl methyl sites for hydroxylation is 1. The van der Waals surface area contributed by atoms with Crippen molar-refractivity contribution in [3.8, 4) is 5.75 Å². The topological polar surface area (TPSA) is 29.9 Å². The molecular weight excluding hydrogens is 310 g/mol. The third-order valence-corrected chi connectivity index (χ3v) is 5.01. The standard InChI is InChI=1S/C21H23N3O/c1-16-14-21(22-20-15-18(25-2)8-9-19(16)20)24-12-10-23(11-13-24)17-6-4-3-5-7-17/h3-9,14-15H,10-13H2,1-2H3/p+1. The lowest BCUT2D eigenvalue weighted by molar-refractivity contribution is -0.330. The van der Waals surface area contributed by atoms with Crippen LogP contribution in [0.15, 0.2) is 54.6 Å². The molecule has 4 rings (SSSR count). The summed E-state index contributed by atoms with van der Waals surface area (Å²) in [4.78, 5) is 8.48. The number of piperazine rings is 1. The summed E-state index contributed by atoms with van der Waals surface area (Å²) in [6, 6.07) is 19.1. The molecule has 0 bridgehead atoms. The van der Waals surface area contributed by atoms with Crippen LogP contribution in [0.25, 0.3) is 10.9 Å². The summed E-state index contributed by atoms with van der Waals surface area (Å²) >= 11 is 0. The normalized spacial score (nSPS) is 14.8.